The summed E-state index contributed by atoms with van der Waals surface area (Å²) in [5.41, 5.74) is 0.616. The lowest BCUT2D eigenvalue weighted by molar-refractivity contribution is -0.151. The molecule has 0 amide bonds. The van der Waals surface area contributed by atoms with Crippen LogP contribution >= 0.6 is 11.6 Å². The number of carbonyl (C=O) groups is 2. The first-order valence-electron chi connectivity index (χ1n) is 11.2. The number of carboxylic acids is 2. The molecule has 0 aliphatic heterocycles. The second kappa shape index (κ2) is 7.87. The Morgan fingerprint density at radius 3 is 2.36 bits per heavy atom. The third-order valence-electron chi connectivity index (χ3n) is 7.63. The molecule has 4 aliphatic carbocycles. The van der Waals surface area contributed by atoms with Gasteiger partial charge in [-0.3, -0.25) is 14.4 Å². The molecule has 0 saturated heterocycles. The van der Waals surface area contributed by atoms with Gasteiger partial charge in [-0.15, -0.1) is 0 Å². The first kappa shape index (κ1) is 21.9. The largest absolute Gasteiger partial charge is 0.481 e. The van der Waals surface area contributed by atoms with E-state index >= 15 is 0 Å². The molecule has 1 aromatic heterocycles. The molecule has 2 unspecified atom stereocenters. The lowest BCUT2D eigenvalue weighted by atomic mass is 9.46. The summed E-state index contributed by atoms with van der Waals surface area (Å²) >= 11 is 6.50. The monoisotopic (exact) mass is 471 g/mol. The van der Waals surface area contributed by atoms with Crippen LogP contribution in [0.15, 0.2) is 35.3 Å². The summed E-state index contributed by atoms with van der Waals surface area (Å²) in [6, 6.07) is 6.87. The van der Waals surface area contributed by atoms with Crippen molar-refractivity contribution in [3.63, 3.8) is 0 Å². The molecule has 174 valence electrons. The summed E-state index contributed by atoms with van der Waals surface area (Å²) in [5.74, 6) is -0.846. The second-order valence-electron chi connectivity index (χ2n) is 10.2. The molecule has 4 fully saturated rings. The molecular formula is C24H26ClN3O5. The molecule has 9 heteroatoms. The van der Waals surface area contributed by atoms with Crippen molar-refractivity contribution in [2.24, 2.45) is 17.3 Å². The Kier molecular flexibility index (Phi) is 5.23. The van der Waals surface area contributed by atoms with E-state index in [0.29, 0.717) is 35.2 Å². The minimum Gasteiger partial charge on any atom is -0.481 e. The van der Waals surface area contributed by atoms with Crippen LogP contribution in [0.1, 0.15) is 50.5 Å². The number of nitrogens with one attached hydrogen (secondary N) is 1. The van der Waals surface area contributed by atoms with Crippen LogP contribution in [0.25, 0.3) is 0 Å². The summed E-state index contributed by atoms with van der Waals surface area (Å²) in [5, 5.41) is 26.1. The van der Waals surface area contributed by atoms with Gasteiger partial charge in [0.2, 0.25) is 0 Å². The Hall–Kier alpha value is -2.87. The van der Waals surface area contributed by atoms with Crippen LogP contribution in [0.3, 0.4) is 0 Å². The fraction of sp³-hybridized carbons (Fsp3) is 0.500. The van der Waals surface area contributed by atoms with Gasteiger partial charge in [-0.25, -0.2) is 4.68 Å². The lowest BCUT2D eigenvalue weighted by Crippen LogP contribution is -2.59. The Balaban J connectivity index is 1.43. The highest BCUT2D eigenvalue weighted by molar-refractivity contribution is 6.33. The number of aromatic nitrogens is 2. The average Bonchev–Trinajstić information content (AvgIpc) is 2.70. The van der Waals surface area contributed by atoms with Crippen molar-refractivity contribution < 1.29 is 19.8 Å². The number of anilines is 2. The van der Waals surface area contributed by atoms with E-state index in [-0.39, 0.29) is 28.8 Å². The van der Waals surface area contributed by atoms with Crippen LogP contribution in [-0.2, 0) is 21.5 Å². The number of aliphatic carboxylic acids is 2. The predicted octanol–water partition coefficient (Wildman–Crippen LogP) is 4.04. The topological polar surface area (TPSA) is 122 Å². The smallest absolute Gasteiger partial charge is 0.307 e. The maximum atomic E-state index is 13.3. The molecule has 0 radical (unpaired) electrons. The van der Waals surface area contributed by atoms with Crippen molar-refractivity contribution in [3.8, 4) is 0 Å². The van der Waals surface area contributed by atoms with Gasteiger partial charge in [0, 0.05) is 5.69 Å². The molecule has 0 spiro atoms. The fourth-order valence-electron chi connectivity index (χ4n) is 7.07. The molecule has 4 atom stereocenters. The molecular weight excluding hydrogens is 446 g/mol. The van der Waals surface area contributed by atoms with E-state index in [4.69, 9.17) is 16.7 Å². The molecule has 3 N–H and O–H groups in total. The predicted molar refractivity (Wildman–Crippen MR) is 122 cm³/mol. The van der Waals surface area contributed by atoms with Gasteiger partial charge in [0.05, 0.1) is 30.3 Å². The molecule has 1 aromatic carbocycles. The number of carboxylic acid groups (broad SMARTS) is 2. The number of halogens is 1. The van der Waals surface area contributed by atoms with Gasteiger partial charge in [-0.05, 0) is 73.5 Å². The summed E-state index contributed by atoms with van der Waals surface area (Å²) in [4.78, 5) is 35.8. The molecule has 4 bridgehead atoms. The first-order chi connectivity index (χ1) is 15.7. The first-order valence-corrected chi connectivity index (χ1v) is 11.6. The molecule has 8 nitrogen and oxygen atoms in total. The van der Waals surface area contributed by atoms with E-state index in [9.17, 15) is 19.5 Å². The molecule has 6 rings (SSSR count). The number of hydrogen-bond acceptors (Lipinski definition) is 5. The minimum absolute atomic E-state index is 0.0441. The summed E-state index contributed by atoms with van der Waals surface area (Å²) in [7, 11) is 0. The Labute approximate surface area is 195 Å². The van der Waals surface area contributed by atoms with E-state index in [2.05, 4.69) is 10.4 Å². The summed E-state index contributed by atoms with van der Waals surface area (Å²) in [6.07, 6.45) is 6.89. The third kappa shape index (κ3) is 4.01. The van der Waals surface area contributed by atoms with Crippen LogP contribution in [-0.4, -0.2) is 31.9 Å². The van der Waals surface area contributed by atoms with E-state index in [1.165, 1.54) is 4.68 Å². The molecule has 4 aliphatic rings. The van der Waals surface area contributed by atoms with Crippen LogP contribution in [0.2, 0.25) is 5.02 Å². The molecule has 2 aromatic rings. The van der Waals surface area contributed by atoms with E-state index in [1.54, 1.807) is 30.5 Å². The van der Waals surface area contributed by atoms with Crippen LogP contribution in [0.5, 0.6) is 0 Å². The zero-order valence-corrected chi connectivity index (χ0v) is 18.8. The Morgan fingerprint density at radius 2 is 1.76 bits per heavy atom. The normalized spacial score (nSPS) is 29.7. The van der Waals surface area contributed by atoms with Gasteiger partial charge in [0.25, 0.3) is 5.56 Å². The lowest BCUT2D eigenvalue weighted by Gasteiger charge is -2.61. The third-order valence-corrected chi connectivity index (χ3v) is 8.00. The highest BCUT2D eigenvalue weighted by atomic mass is 35.5. The van der Waals surface area contributed by atoms with Gasteiger partial charge in [-0.2, -0.15) is 5.10 Å². The number of hydrogen-bond donors (Lipinski definition) is 3. The van der Waals surface area contributed by atoms with Crippen LogP contribution < -0.4 is 10.9 Å². The van der Waals surface area contributed by atoms with Crippen molar-refractivity contribution in [1.29, 1.82) is 0 Å². The maximum Gasteiger partial charge on any atom is 0.307 e. The van der Waals surface area contributed by atoms with Crippen molar-refractivity contribution in [3.05, 3.63) is 51.4 Å². The molecule has 33 heavy (non-hydrogen) atoms. The van der Waals surface area contributed by atoms with Gasteiger partial charge in [0.1, 0.15) is 5.02 Å². The molecule has 1 heterocycles. The summed E-state index contributed by atoms with van der Waals surface area (Å²) < 4.78 is 1.53. The fourth-order valence-corrected chi connectivity index (χ4v) is 7.25. The number of rotatable bonds is 7. The van der Waals surface area contributed by atoms with E-state index in [1.807, 2.05) is 0 Å². The second-order valence-corrected chi connectivity index (χ2v) is 10.6. The van der Waals surface area contributed by atoms with Crippen molar-refractivity contribution in [2.45, 2.75) is 56.9 Å². The summed E-state index contributed by atoms with van der Waals surface area (Å²) in [6.45, 7) is 0. The minimum atomic E-state index is -0.902. The quantitative estimate of drug-likeness (QED) is 0.557. The number of benzene rings is 1. The molecule has 4 saturated carbocycles. The van der Waals surface area contributed by atoms with Crippen molar-refractivity contribution >= 4 is 34.9 Å². The SMILES string of the molecule is O=C(O)Cc1ccc(Nc2cnn(C34C[C@@H]5C[C@@H](CC(CC(=O)O)(C5)C3)C4)c(=O)c2Cl)cc1. The van der Waals surface area contributed by atoms with E-state index in [0.717, 1.165) is 32.1 Å². The average molecular weight is 472 g/mol. The number of nitrogens with zero attached hydrogens (tertiary/aromatic N) is 2. The zero-order valence-electron chi connectivity index (χ0n) is 18.1. The zero-order chi connectivity index (χ0) is 23.4. The standard InChI is InChI=1S/C24H26ClN3O5/c25-21-18(27-17-3-1-14(2-4-17)6-19(29)30)12-26-28(22(21)33)24-9-15-5-16(10-24)8-23(7-15,13-24)11-20(31)32/h1-4,12,15-16,27H,5-11,13H2,(H,29,30)(H,31,32)/t15-,16+,23?,24?. The van der Waals surface area contributed by atoms with Gasteiger partial charge < -0.3 is 15.5 Å². The van der Waals surface area contributed by atoms with Crippen LogP contribution in [0, 0.1) is 17.3 Å². The van der Waals surface area contributed by atoms with Gasteiger partial charge in [0.15, 0.2) is 0 Å². The van der Waals surface area contributed by atoms with Gasteiger partial charge >= 0.3 is 11.9 Å². The van der Waals surface area contributed by atoms with Gasteiger partial charge in [-0.1, -0.05) is 23.7 Å². The Morgan fingerprint density at radius 1 is 1.09 bits per heavy atom. The Bertz CT molecular complexity index is 1160. The maximum absolute atomic E-state index is 13.3. The highest BCUT2D eigenvalue weighted by Gasteiger charge is 2.59. The highest BCUT2D eigenvalue weighted by Crippen LogP contribution is 2.65. The van der Waals surface area contributed by atoms with E-state index < -0.39 is 17.5 Å². The van der Waals surface area contributed by atoms with Crippen molar-refractivity contribution in [1.82, 2.24) is 9.78 Å². The van der Waals surface area contributed by atoms with Crippen LogP contribution in [0.4, 0.5) is 11.4 Å². The van der Waals surface area contributed by atoms with Crippen molar-refractivity contribution in [2.75, 3.05) is 5.32 Å².